The zero-order chi connectivity index (χ0) is 17.6. The number of nitrogens with zero attached hydrogens (tertiary/aromatic N) is 1. The molecule has 1 aromatic carbocycles. The van der Waals surface area contributed by atoms with Crippen LogP contribution in [0.15, 0.2) is 40.9 Å². The van der Waals surface area contributed by atoms with Crippen molar-refractivity contribution in [3.63, 3.8) is 0 Å². The largest absolute Gasteiger partial charge is 0.497 e. The minimum absolute atomic E-state index is 0.0551. The Balaban J connectivity index is 1.69. The van der Waals surface area contributed by atoms with E-state index in [1.807, 2.05) is 24.3 Å². The maximum Gasteiger partial charge on any atom is 0.144 e. The standard InChI is InChI=1S/C22H29NO2/c1-3-4-5-6-9-18-12-11-17-14-22(24)20(15-21(17)23-18)16-8-7-10-19(13-16)25-2/h7-8,10-11,13,20-21H,3-6,9,12,14-15H2,1-2H3. The van der Waals surface area contributed by atoms with Gasteiger partial charge in [0.15, 0.2) is 0 Å². The van der Waals surface area contributed by atoms with Gasteiger partial charge < -0.3 is 4.74 Å². The van der Waals surface area contributed by atoms with Gasteiger partial charge in [0.25, 0.3) is 0 Å². The highest BCUT2D eigenvalue weighted by Crippen LogP contribution is 2.37. The second kappa shape index (κ2) is 8.46. The molecule has 2 aliphatic rings. The fourth-order valence-corrected chi connectivity index (χ4v) is 3.92. The summed E-state index contributed by atoms with van der Waals surface area (Å²) in [5.74, 6) is 1.08. The lowest BCUT2D eigenvalue weighted by molar-refractivity contribution is -0.120. The van der Waals surface area contributed by atoms with Gasteiger partial charge in [0.1, 0.15) is 11.5 Å². The van der Waals surface area contributed by atoms with E-state index in [1.54, 1.807) is 7.11 Å². The summed E-state index contributed by atoms with van der Waals surface area (Å²) in [7, 11) is 1.67. The summed E-state index contributed by atoms with van der Waals surface area (Å²) in [6.07, 6.45) is 10.8. The van der Waals surface area contributed by atoms with Gasteiger partial charge in [-0.25, -0.2) is 0 Å². The van der Waals surface area contributed by atoms with Gasteiger partial charge in [0, 0.05) is 24.5 Å². The molecule has 0 radical (unpaired) electrons. The molecule has 1 heterocycles. The number of hydrogen-bond acceptors (Lipinski definition) is 3. The van der Waals surface area contributed by atoms with Crippen molar-refractivity contribution in [2.75, 3.05) is 7.11 Å². The SMILES string of the molecule is CCCCCCC1=NC2CC(c3cccc(OC)c3)C(=O)CC2=CC1. The second-order valence-electron chi connectivity index (χ2n) is 7.21. The lowest BCUT2D eigenvalue weighted by Gasteiger charge is -2.31. The average Bonchev–Trinajstić information content (AvgIpc) is 2.65. The number of dihydropyridines is 1. The predicted molar refractivity (Wildman–Crippen MR) is 103 cm³/mol. The van der Waals surface area contributed by atoms with Crippen LogP contribution in [0.3, 0.4) is 0 Å². The molecule has 134 valence electrons. The third kappa shape index (κ3) is 4.39. The Morgan fingerprint density at radius 3 is 2.92 bits per heavy atom. The first-order valence-electron chi connectivity index (χ1n) is 9.62. The van der Waals surface area contributed by atoms with Crippen LogP contribution >= 0.6 is 0 Å². The number of benzene rings is 1. The zero-order valence-corrected chi connectivity index (χ0v) is 15.5. The quantitative estimate of drug-likeness (QED) is 0.502. The summed E-state index contributed by atoms with van der Waals surface area (Å²) >= 11 is 0. The molecule has 25 heavy (non-hydrogen) atoms. The Hall–Kier alpha value is -1.90. The highest BCUT2D eigenvalue weighted by molar-refractivity contribution is 5.92. The van der Waals surface area contributed by atoms with Crippen LogP contribution in [0, 0.1) is 0 Å². The minimum Gasteiger partial charge on any atom is -0.497 e. The van der Waals surface area contributed by atoms with Crippen LogP contribution in [-0.2, 0) is 4.79 Å². The van der Waals surface area contributed by atoms with Crippen LogP contribution in [0.4, 0.5) is 0 Å². The Morgan fingerprint density at radius 1 is 1.24 bits per heavy atom. The van der Waals surface area contributed by atoms with Crippen molar-refractivity contribution in [2.24, 2.45) is 4.99 Å². The van der Waals surface area contributed by atoms with Crippen molar-refractivity contribution in [2.45, 2.75) is 70.3 Å². The Kier molecular flexibility index (Phi) is 6.06. The molecule has 2 unspecified atom stereocenters. The van der Waals surface area contributed by atoms with Crippen molar-refractivity contribution in [1.82, 2.24) is 0 Å². The summed E-state index contributed by atoms with van der Waals surface area (Å²) in [5, 5.41) is 0. The van der Waals surface area contributed by atoms with E-state index in [0.717, 1.165) is 30.6 Å². The normalized spacial score (nSPS) is 22.9. The van der Waals surface area contributed by atoms with E-state index >= 15 is 0 Å². The van der Waals surface area contributed by atoms with Crippen molar-refractivity contribution in [1.29, 1.82) is 0 Å². The number of unbranched alkanes of at least 4 members (excludes halogenated alkanes) is 3. The number of ketones is 1. The van der Waals surface area contributed by atoms with Gasteiger partial charge in [-0.15, -0.1) is 0 Å². The second-order valence-corrected chi connectivity index (χ2v) is 7.21. The smallest absolute Gasteiger partial charge is 0.144 e. The molecular formula is C22H29NO2. The third-order valence-corrected chi connectivity index (χ3v) is 5.41. The molecule has 0 N–H and O–H groups in total. The molecule has 1 saturated carbocycles. The van der Waals surface area contributed by atoms with E-state index in [-0.39, 0.29) is 12.0 Å². The molecule has 0 spiro atoms. The topological polar surface area (TPSA) is 38.7 Å². The van der Waals surface area contributed by atoms with Gasteiger partial charge >= 0.3 is 0 Å². The number of fused-ring (bicyclic) bond motifs is 1. The first-order valence-corrected chi connectivity index (χ1v) is 9.62. The molecule has 0 bridgehead atoms. The fourth-order valence-electron chi connectivity index (χ4n) is 3.92. The van der Waals surface area contributed by atoms with E-state index in [1.165, 1.54) is 37.0 Å². The van der Waals surface area contributed by atoms with Gasteiger partial charge in [-0.2, -0.15) is 0 Å². The van der Waals surface area contributed by atoms with E-state index in [9.17, 15) is 4.79 Å². The van der Waals surface area contributed by atoms with Crippen LogP contribution < -0.4 is 4.74 Å². The van der Waals surface area contributed by atoms with Gasteiger partial charge in [-0.1, -0.05) is 44.4 Å². The van der Waals surface area contributed by atoms with Gasteiger partial charge in [-0.3, -0.25) is 9.79 Å². The van der Waals surface area contributed by atoms with Crippen LogP contribution in [0.2, 0.25) is 0 Å². The van der Waals surface area contributed by atoms with E-state index < -0.39 is 0 Å². The zero-order valence-electron chi connectivity index (χ0n) is 15.5. The van der Waals surface area contributed by atoms with E-state index in [2.05, 4.69) is 13.0 Å². The monoisotopic (exact) mass is 339 g/mol. The Bertz CT molecular complexity index is 674. The number of carbonyl (C=O) groups is 1. The van der Waals surface area contributed by atoms with Crippen molar-refractivity contribution < 1.29 is 9.53 Å². The molecule has 1 aromatic rings. The number of ether oxygens (including phenoxy) is 1. The first kappa shape index (κ1) is 17.9. The maximum atomic E-state index is 12.6. The third-order valence-electron chi connectivity index (χ3n) is 5.41. The lowest BCUT2D eigenvalue weighted by atomic mass is 9.76. The number of Topliss-reactive ketones (excluding diaryl/α,β-unsaturated/α-hetero) is 1. The van der Waals surface area contributed by atoms with Gasteiger partial charge in [0.2, 0.25) is 0 Å². The summed E-state index contributed by atoms with van der Waals surface area (Å²) in [4.78, 5) is 17.7. The van der Waals surface area contributed by atoms with Crippen molar-refractivity contribution in [3.05, 3.63) is 41.5 Å². The van der Waals surface area contributed by atoms with Crippen LogP contribution in [-0.4, -0.2) is 24.6 Å². The summed E-state index contributed by atoms with van der Waals surface area (Å²) in [6, 6.07) is 8.13. The number of aliphatic imine (C=N–C) groups is 1. The molecule has 1 fully saturated rings. The maximum absolute atomic E-state index is 12.6. The average molecular weight is 339 g/mol. The summed E-state index contributed by atoms with van der Waals surface area (Å²) in [5.41, 5.74) is 3.62. The van der Waals surface area contributed by atoms with Gasteiger partial charge in [-0.05, 0) is 42.5 Å². The minimum atomic E-state index is -0.0551. The molecule has 3 heteroatoms. The lowest BCUT2D eigenvalue weighted by Crippen LogP contribution is -2.30. The van der Waals surface area contributed by atoms with E-state index in [4.69, 9.17) is 9.73 Å². The van der Waals surface area contributed by atoms with E-state index in [0.29, 0.717) is 12.2 Å². The number of methoxy groups -OCH3 is 1. The first-order chi connectivity index (χ1) is 12.2. The summed E-state index contributed by atoms with van der Waals surface area (Å²) in [6.45, 7) is 2.24. The van der Waals surface area contributed by atoms with Crippen LogP contribution in [0.5, 0.6) is 5.75 Å². The van der Waals surface area contributed by atoms with Crippen molar-refractivity contribution in [3.8, 4) is 5.75 Å². The summed E-state index contributed by atoms with van der Waals surface area (Å²) < 4.78 is 5.32. The molecule has 0 aromatic heterocycles. The molecule has 2 atom stereocenters. The fraction of sp³-hybridized carbons (Fsp3) is 0.545. The molecular weight excluding hydrogens is 310 g/mol. The molecule has 0 saturated heterocycles. The number of rotatable bonds is 7. The molecule has 0 amide bonds. The molecule has 3 nitrogen and oxygen atoms in total. The Morgan fingerprint density at radius 2 is 2.12 bits per heavy atom. The van der Waals surface area contributed by atoms with Crippen LogP contribution in [0.25, 0.3) is 0 Å². The number of allylic oxidation sites excluding steroid dienone is 1. The highest BCUT2D eigenvalue weighted by atomic mass is 16.5. The molecule has 1 aliphatic carbocycles. The van der Waals surface area contributed by atoms with Crippen molar-refractivity contribution >= 4 is 11.5 Å². The Labute approximate surface area is 151 Å². The number of carbonyl (C=O) groups excluding carboxylic acids is 1. The number of hydrogen-bond donors (Lipinski definition) is 0. The molecule has 1 aliphatic heterocycles. The van der Waals surface area contributed by atoms with Crippen LogP contribution in [0.1, 0.15) is 69.8 Å². The predicted octanol–water partition coefficient (Wildman–Crippen LogP) is 5.25. The molecule has 3 rings (SSSR count). The van der Waals surface area contributed by atoms with Gasteiger partial charge in [0.05, 0.1) is 13.2 Å². The highest BCUT2D eigenvalue weighted by Gasteiger charge is 2.34.